The van der Waals surface area contributed by atoms with Crippen LogP contribution in [0.2, 0.25) is 0 Å². The first kappa shape index (κ1) is 14.7. The first-order valence-electron chi connectivity index (χ1n) is 6.02. The van der Waals surface area contributed by atoms with Gasteiger partial charge in [-0.25, -0.2) is 0 Å². The highest BCUT2D eigenvalue weighted by Gasteiger charge is 2.09. The standard InChI is InChI=1S/C14H15BrN4S/c1-9-6-11(8-17-18-14(16)20)10(2)19(9)13-5-3-4-12(15)7-13/h3-8H,1-2H3,(H3,16,18,20)/b17-8+. The Hall–Kier alpha value is -1.66. The number of hydrogen-bond donors (Lipinski definition) is 2. The molecule has 0 unspecified atom stereocenters. The molecule has 0 saturated carbocycles. The molecule has 0 aliphatic heterocycles. The molecular weight excluding hydrogens is 336 g/mol. The smallest absolute Gasteiger partial charge is 0.184 e. The van der Waals surface area contributed by atoms with E-state index in [0.29, 0.717) is 0 Å². The largest absolute Gasteiger partial charge is 0.375 e. The molecule has 104 valence electrons. The van der Waals surface area contributed by atoms with E-state index < -0.39 is 0 Å². The van der Waals surface area contributed by atoms with Crippen LogP contribution in [0.15, 0.2) is 39.9 Å². The lowest BCUT2D eigenvalue weighted by Crippen LogP contribution is -2.24. The van der Waals surface area contributed by atoms with E-state index in [1.165, 1.54) is 0 Å². The van der Waals surface area contributed by atoms with Gasteiger partial charge in [0.25, 0.3) is 0 Å². The second-order valence-electron chi connectivity index (χ2n) is 4.38. The molecule has 4 nitrogen and oxygen atoms in total. The summed E-state index contributed by atoms with van der Waals surface area (Å²) < 4.78 is 3.22. The number of benzene rings is 1. The molecule has 0 radical (unpaired) electrons. The maximum atomic E-state index is 5.33. The monoisotopic (exact) mass is 350 g/mol. The molecule has 0 amide bonds. The van der Waals surface area contributed by atoms with Crippen molar-refractivity contribution < 1.29 is 0 Å². The molecule has 1 heterocycles. The molecule has 3 N–H and O–H groups in total. The van der Waals surface area contributed by atoms with Gasteiger partial charge in [-0.15, -0.1) is 0 Å². The average Bonchev–Trinajstić information content (AvgIpc) is 2.64. The van der Waals surface area contributed by atoms with E-state index in [2.05, 4.69) is 63.1 Å². The van der Waals surface area contributed by atoms with Gasteiger partial charge in [-0.2, -0.15) is 5.10 Å². The molecule has 0 aliphatic carbocycles. The number of thiocarbonyl (C=S) groups is 1. The number of aryl methyl sites for hydroxylation is 1. The Morgan fingerprint density at radius 1 is 1.40 bits per heavy atom. The van der Waals surface area contributed by atoms with Crippen molar-refractivity contribution in [1.82, 2.24) is 9.99 Å². The summed E-state index contributed by atoms with van der Waals surface area (Å²) in [4.78, 5) is 0. The van der Waals surface area contributed by atoms with Crippen molar-refractivity contribution >= 4 is 39.5 Å². The van der Waals surface area contributed by atoms with Gasteiger partial charge < -0.3 is 10.3 Å². The van der Waals surface area contributed by atoms with Crippen molar-refractivity contribution in [3.05, 3.63) is 51.8 Å². The zero-order valence-electron chi connectivity index (χ0n) is 11.2. The lowest BCUT2D eigenvalue weighted by molar-refractivity contribution is 0.963. The molecule has 0 saturated heterocycles. The van der Waals surface area contributed by atoms with Crippen molar-refractivity contribution in [3.63, 3.8) is 0 Å². The summed E-state index contributed by atoms with van der Waals surface area (Å²) in [7, 11) is 0. The summed E-state index contributed by atoms with van der Waals surface area (Å²) >= 11 is 8.20. The quantitative estimate of drug-likeness (QED) is 0.508. The number of hydrazone groups is 1. The summed E-state index contributed by atoms with van der Waals surface area (Å²) in [5.41, 5.74) is 12.3. The number of nitrogens with one attached hydrogen (secondary N) is 1. The molecule has 1 aromatic carbocycles. The molecule has 20 heavy (non-hydrogen) atoms. The average molecular weight is 351 g/mol. The Morgan fingerprint density at radius 3 is 2.80 bits per heavy atom. The molecular formula is C14H15BrN4S. The van der Waals surface area contributed by atoms with Crippen LogP contribution in [0.5, 0.6) is 0 Å². The maximum Gasteiger partial charge on any atom is 0.184 e. The Labute approximate surface area is 131 Å². The third kappa shape index (κ3) is 3.26. The first-order valence-corrected chi connectivity index (χ1v) is 7.22. The molecule has 2 rings (SSSR count). The second kappa shape index (κ2) is 6.19. The number of aromatic nitrogens is 1. The van der Waals surface area contributed by atoms with E-state index in [0.717, 1.165) is 27.1 Å². The Bertz CT molecular complexity index is 676. The predicted molar refractivity (Wildman–Crippen MR) is 90.5 cm³/mol. The van der Waals surface area contributed by atoms with Gasteiger partial charge in [0, 0.05) is 27.1 Å². The maximum absolute atomic E-state index is 5.33. The molecule has 6 heteroatoms. The van der Waals surface area contributed by atoms with Crippen molar-refractivity contribution in [3.8, 4) is 5.69 Å². The van der Waals surface area contributed by atoms with E-state index in [9.17, 15) is 0 Å². The highest BCUT2D eigenvalue weighted by Crippen LogP contribution is 2.22. The second-order valence-corrected chi connectivity index (χ2v) is 5.73. The third-order valence-corrected chi connectivity index (χ3v) is 3.50. The lowest BCUT2D eigenvalue weighted by atomic mass is 10.2. The van der Waals surface area contributed by atoms with Crippen molar-refractivity contribution in [1.29, 1.82) is 0 Å². The molecule has 0 aliphatic rings. The summed E-state index contributed by atoms with van der Waals surface area (Å²) in [5.74, 6) is 0. The molecule has 0 atom stereocenters. The van der Waals surface area contributed by atoms with Crippen molar-refractivity contribution in [2.45, 2.75) is 13.8 Å². The highest BCUT2D eigenvalue weighted by atomic mass is 79.9. The Morgan fingerprint density at radius 2 is 2.15 bits per heavy atom. The van der Waals surface area contributed by atoms with Gasteiger partial charge in [0.05, 0.1) is 6.21 Å². The van der Waals surface area contributed by atoms with Crippen LogP contribution < -0.4 is 11.2 Å². The fraction of sp³-hybridized carbons (Fsp3) is 0.143. The van der Waals surface area contributed by atoms with Gasteiger partial charge in [-0.3, -0.25) is 5.43 Å². The fourth-order valence-corrected chi connectivity index (χ4v) is 2.54. The minimum Gasteiger partial charge on any atom is -0.375 e. The van der Waals surface area contributed by atoms with Crippen LogP contribution in [0, 0.1) is 13.8 Å². The highest BCUT2D eigenvalue weighted by molar-refractivity contribution is 9.10. The van der Waals surface area contributed by atoms with Crippen molar-refractivity contribution in [2.75, 3.05) is 0 Å². The summed E-state index contributed by atoms with van der Waals surface area (Å²) in [5, 5.41) is 4.16. The number of halogens is 1. The van der Waals surface area contributed by atoms with E-state index in [-0.39, 0.29) is 5.11 Å². The van der Waals surface area contributed by atoms with Crippen LogP contribution in [0.3, 0.4) is 0 Å². The first-order chi connectivity index (χ1) is 9.49. The van der Waals surface area contributed by atoms with Crippen LogP contribution in [-0.2, 0) is 0 Å². The molecule has 0 spiro atoms. The minimum atomic E-state index is 0.155. The van der Waals surface area contributed by atoms with Crippen LogP contribution >= 0.6 is 28.1 Å². The number of nitrogens with two attached hydrogens (primary N) is 1. The SMILES string of the molecule is Cc1cc(/C=N/NC(N)=S)c(C)n1-c1cccc(Br)c1. The van der Waals surface area contributed by atoms with Crippen LogP contribution in [0.4, 0.5) is 0 Å². The molecule has 2 aromatic rings. The number of nitrogens with zero attached hydrogens (tertiary/aromatic N) is 2. The fourth-order valence-electron chi connectivity index (χ4n) is 2.10. The minimum absolute atomic E-state index is 0.155. The van der Waals surface area contributed by atoms with Gasteiger partial charge in [0.15, 0.2) is 5.11 Å². The predicted octanol–water partition coefficient (Wildman–Crippen LogP) is 3.02. The van der Waals surface area contributed by atoms with Gasteiger partial charge in [0.2, 0.25) is 0 Å². The zero-order valence-corrected chi connectivity index (χ0v) is 13.6. The molecule has 0 fully saturated rings. The van der Waals surface area contributed by atoms with E-state index in [1.54, 1.807) is 6.21 Å². The summed E-state index contributed by atoms with van der Waals surface area (Å²) in [6, 6.07) is 10.2. The van der Waals surface area contributed by atoms with Crippen LogP contribution in [-0.4, -0.2) is 15.9 Å². The molecule has 0 bridgehead atoms. The van der Waals surface area contributed by atoms with Gasteiger partial charge in [-0.1, -0.05) is 22.0 Å². The molecule has 1 aromatic heterocycles. The van der Waals surface area contributed by atoms with Crippen LogP contribution in [0.1, 0.15) is 17.0 Å². The Kier molecular flexibility index (Phi) is 4.57. The van der Waals surface area contributed by atoms with E-state index in [1.807, 2.05) is 12.1 Å². The summed E-state index contributed by atoms with van der Waals surface area (Å²) in [6.07, 6.45) is 1.72. The van der Waals surface area contributed by atoms with E-state index >= 15 is 0 Å². The van der Waals surface area contributed by atoms with E-state index in [4.69, 9.17) is 18.0 Å². The van der Waals surface area contributed by atoms with Crippen molar-refractivity contribution in [2.24, 2.45) is 10.8 Å². The van der Waals surface area contributed by atoms with Crippen LogP contribution in [0.25, 0.3) is 5.69 Å². The third-order valence-electron chi connectivity index (χ3n) is 2.92. The normalized spacial score (nSPS) is 10.9. The summed E-state index contributed by atoms with van der Waals surface area (Å²) in [6.45, 7) is 4.11. The zero-order chi connectivity index (χ0) is 14.7. The van der Waals surface area contributed by atoms with Gasteiger partial charge in [0.1, 0.15) is 0 Å². The number of rotatable bonds is 3. The number of hydrogen-bond acceptors (Lipinski definition) is 2. The van der Waals surface area contributed by atoms with Gasteiger partial charge >= 0.3 is 0 Å². The topological polar surface area (TPSA) is 55.3 Å². The Balaban J connectivity index is 2.39. The van der Waals surface area contributed by atoms with Gasteiger partial charge in [-0.05, 0) is 50.3 Å². The lowest BCUT2D eigenvalue weighted by Gasteiger charge is -2.09.